The molecule has 0 saturated carbocycles. The van der Waals surface area contributed by atoms with E-state index in [-0.39, 0.29) is 18.4 Å². The molecular weight excluding hydrogens is 460 g/mol. The zero-order valence-corrected chi connectivity index (χ0v) is 21.9. The standard InChI is InChI=1S/C26H46N6O4/c1-2-3-4-5-6-7-8-9-10-11-12-13-14-15-16-35-22-19(17-33)36-25(21(22)34)32-18-29-20-23(27)30-26(28)31-24(20)32/h18-19,21-22,25,33-34H,2-17H2,1H3,(H4,27,28,30,31)/t19-,21?,22+,25-/m1/s1. The Labute approximate surface area is 214 Å². The number of aromatic nitrogens is 4. The SMILES string of the molecule is CCCCCCCCCCCCCCCCO[C@@H]1C(O)[C@H](n2cnc3c(N)nc(N)nc32)O[C@@H]1CO. The van der Waals surface area contributed by atoms with Crippen LogP contribution in [0.25, 0.3) is 11.2 Å². The molecule has 1 unspecified atom stereocenters. The molecule has 10 nitrogen and oxygen atoms in total. The summed E-state index contributed by atoms with van der Waals surface area (Å²) in [6.45, 7) is 2.52. The Morgan fingerprint density at radius 2 is 1.50 bits per heavy atom. The Kier molecular flexibility index (Phi) is 12.1. The van der Waals surface area contributed by atoms with Gasteiger partial charge in [0.2, 0.25) is 5.95 Å². The number of imidazole rings is 1. The van der Waals surface area contributed by atoms with E-state index >= 15 is 0 Å². The fraction of sp³-hybridized carbons (Fsp3) is 0.808. The van der Waals surface area contributed by atoms with Crippen LogP contribution < -0.4 is 11.5 Å². The molecule has 0 aromatic carbocycles. The lowest BCUT2D eigenvalue weighted by molar-refractivity contribution is -0.0609. The second kappa shape index (κ2) is 15.3. The van der Waals surface area contributed by atoms with Gasteiger partial charge in [0.25, 0.3) is 0 Å². The molecule has 0 aliphatic carbocycles. The Hall–Kier alpha value is -2.01. The van der Waals surface area contributed by atoms with Crippen LogP contribution in [0.4, 0.5) is 11.8 Å². The summed E-state index contributed by atoms with van der Waals surface area (Å²) in [7, 11) is 0. The molecule has 2 aromatic rings. The van der Waals surface area contributed by atoms with Crippen LogP contribution >= 0.6 is 0 Å². The number of fused-ring (bicyclic) bond motifs is 1. The molecule has 36 heavy (non-hydrogen) atoms. The van der Waals surface area contributed by atoms with Crippen molar-refractivity contribution in [3.63, 3.8) is 0 Å². The summed E-state index contributed by atoms with van der Waals surface area (Å²) >= 11 is 0. The zero-order chi connectivity index (χ0) is 25.8. The minimum atomic E-state index is -0.997. The van der Waals surface area contributed by atoms with Crippen molar-refractivity contribution < 1.29 is 19.7 Å². The maximum Gasteiger partial charge on any atom is 0.224 e. The monoisotopic (exact) mass is 506 g/mol. The second-order valence-electron chi connectivity index (χ2n) is 9.96. The number of nitrogens with zero attached hydrogens (tertiary/aromatic N) is 4. The van der Waals surface area contributed by atoms with Crippen molar-refractivity contribution in [3.05, 3.63) is 6.33 Å². The molecule has 1 fully saturated rings. The third-order valence-corrected chi connectivity index (χ3v) is 7.04. The first kappa shape index (κ1) is 28.6. The van der Waals surface area contributed by atoms with Crippen LogP contribution in [0.3, 0.4) is 0 Å². The van der Waals surface area contributed by atoms with E-state index in [0.29, 0.717) is 17.8 Å². The first-order valence-corrected chi connectivity index (χ1v) is 13.9. The van der Waals surface area contributed by atoms with Crippen LogP contribution in [0.1, 0.15) is 103 Å². The highest BCUT2D eigenvalue weighted by Gasteiger charge is 2.45. The van der Waals surface area contributed by atoms with Crippen molar-refractivity contribution in [2.75, 3.05) is 24.7 Å². The van der Waals surface area contributed by atoms with Crippen molar-refractivity contribution in [2.45, 2.75) is 121 Å². The van der Waals surface area contributed by atoms with E-state index in [1.807, 2.05) is 0 Å². The Balaban J connectivity index is 1.31. The van der Waals surface area contributed by atoms with Crippen molar-refractivity contribution in [2.24, 2.45) is 0 Å². The van der Waals surface area contributed by atoms with Crippen molar-refractivity contribution in [1.82, 2.24) is 19.5 Å². The minimum absolute atomic E-state index is 0.0125. The number of unbranched alkanes of at least 4 members (excludes halogenated alkanes) is 13. The summed E-state index contributed by atoms with van der Waals surface area (Å²) in [5.74, 6) is 0.173. The van der Waals surface area contributed by atoms with Gasteiger partial charge < -0.3 is 31.2 Å². The number of anilines is 2. The molecule has 0 spiro atoms. The summed E-state index contributed by atoms with van der Waals surface area (Å²) < 4.78 is 13.4. The third-order valence-electron chi connectivity index (χ3n) is 7.04. The van der Waals surface area contributed by atoms with Crippen LogP contribution in [0.2, 0.25) is 0 Å². The van der Waals surface area contributed by atoms with E-state index in [0.717, 1.165) is 12.8 Å². The van der Waals surface area contributed by atoms with E-state index in [4.69, 9.17) is 20.9 Å². The lowest BCUT2D eigenvalue weighted by atomic mass is 10.0. The number of hydrogen-bond donors (Lipinski definition) is 4. The lowest BCUT2D eigenvalue weighted by Crippen LogP contribution is -2.36. The number of ether oxygens (including phenoxy) is 2. The van der Waals surface area contributed by atoms with Gasteiger partial charge >= 0.3 is 0 Å². The topological polar surface area (TPSA) is 155 Å². The number of aliphatic hydroxyl groups excluding tert-OH is 2. The fourth-order valence-corrected chi connectivity index (χ4v) is 4.96. The van der Waals surface area contributed by atoms with Crippen molar-refractivity contribution in [1.29, 1.82) is 0 Å². The predicted molar refractivity (Wildman–Crippen MR) is 141 cm³/mol. The van der Waals surface area contributed by atoms with Gasteiger partial charge in [-0.05, 0) is 6.42 Å². The molecule has 4 atom stereocenters. The van der Waals surface area contributed by atoms with E-state index in [1.165, 1.54) is 83.4 Å². The third kappa shape index (κ3) is 7.99. The zero-order valence-electron chi connectivity index (χ0n) is 21.9. The smallest absolute Gasteiger partial charge is 0.224 e. The van der Waals surface area contributed by atoms with Gasteiger partial charge in [-0.2, -0.15) is 9.97 Å². The van der Waals surface area contributed by atoms with Gasteiger partial charge in [0.1, 0.15) is 23.8 Å². The van der Waals surface area contributed by atoms with E-state index in [9.17, 15) is 10.2 Å². The van der Waals surface area contributed by atoms with Crippen LogP contribution in [-0.4, -0.2) is 61.3 Å². The minimum Gasteiger partial charge on any atom is -0.394 e. The molecule has 2 aromatic heterocycles. The maximum atomic E-state index is 10.9. The number of hydrogen-bond acceptors (Lipinski definition) is 9. The predicted octanol–water partition coefficient (Wildman–Crippen LogP) is 4.11. The molecule has 1 aliphatic heterocycles. The average molecular weight is 507 g/mol. The molecule has 0 bridgehead atoms. The molecule has 1 aliphatic rings. The molecule has 3 rings (SSSR count). The maximum absolute atomic E-state index is 10.9. The van der Waals surface area contributed by atoms with E-state index in [1.54, 1.807) is 4.57 Å². The summed E-state index contributed by atoms with van der Waals surface area (Å²) in [6, 6.07) is 0. The Morgan fingerprint density at radius 1 is 0.917 bits per heavy atom. The first-order valence-electron chi connectivity index (χ1n) is 13.9. The fourth-order valence-electron chi connectivity index (χ4n) is 4.96. The average Bonchev–Trinajstić information content (AvgIpc) is 3.42. The van der Waals surface area contributed by atoms with Gasteiger partial charge in [0, 0.05) is 6.61 Å². The van der Waals surface area contributed by atoms with Crippen LogP contribution in [-0.2, 0) is 9.47 Å². The van der Waals surface area contributed by atoms with Crippen molar-refractivity contribution in [3.8, 4) is 0 Å². The van der Waals surface area contributed by atoms with Crippen LogP contribution in [0.15, 0.2) is 6.33 Å². The highest BCUT2D eigenvalue weighted by atomic mass is 16.6. The number of nitrogens with two attached hydrogens (primary N) is 2. The second-order valence-corrected chi connectivity index (χ2v) is 9.96. The number of aliphatic hydroxyl groups is 2. The molecule has 0 radical (unpaired) electrons. The van der Waals surface area contributed by atoms with Gasteiger partial charge in [-0.1, -0.05) is 90.4 Å². The summed E-state index contributed by atoms with van der Waals surface area (Å²) in [5.41, 5.74) is 12.4. The van der Waals surface area contributed by atoms with Gasteiger partial charge in [-0.3, -0.25) is 4.57 Å². The largest absolute Gasteiger partial charge is 0.394 e. The van der Waals surface area contributed by atoms with Gasteiger partial charge in [-0.15, -0.1) is 0 Å². The Morgan fingerprint density at radius 3 is 2.08 bits per heavy atom. The molecule has 204 valence electrons. The first-order chi connectivity index (χ1) is 17.6. The van der Waals surface area contributed by atoms with Crippen molar-refractivity contribution >= 4 is 22.9 Å². The molecular formula is C26H46N6O4. The summed E-state index contributed by atoms with van der Waals surface area (Å²) in [6.07, 6.45) is 16.5. The molecule has 1 saturated heterocycles. The molecule has 3 heterocycles. The molecule has 6 N–H and O–H groups in total. The normalized spacial score (nSPS) is 22.1. The lowest BCUT2D eigenvalue weighted by Gasteiger charge is -2.20. The van der Waals surface area contributed by atoms with Gasteiger partial charge in [0.05, 0.1) is 12.9 Å². The van der Waals surface area contributed by atoms with Gasteiger partial charge in [0.15, 0.2) is 17.7 Å². The number of nitrogen functional groups attached to an aromatic ring is 2. The highest BCUT2D eigenvalue weighted by Crippen LogP contribution is 2.34. The van der Waals surface area contributed by atoms with E-state index in [2.05, 4.69) is 21.9 Å². The Bertz CT molecular complexity index is 895. The summed E-state index contributed by atoms with van der Waals surface area (Å²) in [5, 5.41) is 20.7. The number of rotatable bonds is 18. The molecule has 0 amide bonds. The molecule has 10 heteroatoms. The summed E-state index contributed by atoms with van der Waals surface area (Å²) in [4.78, 5) is 12.3. The van der Waals surface area contributed by atoms with Crippen LogP contribution in [0.5, 0.6) is 0 Å². The van der Waals surface area contributed by atoms with E-state index < -0.39 is 24.5 Å². The quantitative estimate of drug-likeness (QED) is 0.219. The van der Waals surface area contributed by atoms with Gasteiger partial charge in [-0.25, -0.2) is 4.98 Å². The van der Waals surface area contributed by atoms with Crippen LogP contribution in [0, 0.1) is 0 Å². The highest BCUT2D eigenvalue weighted by molar-refractivity contribution is 5.82.